The van der Waals surface area contributed by atoms with Gasteiger partial charge in [0, 0.05) is 17.1 Å². The van der Waals surface area contributed by atoms with Crippen LogP contribution < -0.4 is 16.0 Å². The molecule has 4 aromatic rings. The smallest absolute Gasteiger partial charge is 0.261 e. The molecule has 3 N–H and O–H groups in total. The minimum absolute atomic E-state index is 0.220. The predicted octanol–water partition coefficient (Wildman–Crippen LogP) is 6.30. The zero-order valence-electron chi connectivity index (χ0n) is 22.2. The molecule has 0 radical (unpaired) electrons. The number of hydrogen-bond donors (Lipinski definition) is 3. The molecule has 0 fully saturated rings. The van der Waals surface area contributed by atoms with Gasteiger partial charge < -0.3 is 16.0 Å². The Bertz CT molecular complexity index is 1580. The second-order valence-corrected chi connectivity index (χ2v) is 9.87. The number of carbonyl (C=O) groups is 2. The molecule has 0 saturated heterocycles. The van der Waals surface area contributed by atoms with Gasteiger partial charge in [0.1, 0.15) is 17.4 Å². The molecule has 2 amide bonds. The van der Waals surface area contributed by atoms with Gasteiger partial charge in [0.25, 0.3) is 11.8 Å². The first kappa shape index (κ1) is 25.0. The number of carbonyl (C=O) groups excluding carboxylic acids is 2. The van der Waals surface area contributed by atoms with Gasteiger partial charge in [-0.1, -0.05) is 59.7 Å². The van der Waals surface area contributed by atoms with E-state index in [9.17, 15) is 9.59 Å². The van der Waals surface area contributed by atoms with Crippen LogP contribution in [0.2, 0.25) is 0 Å². The van der Waals surface area contributed by atoms with Gasteiger partial charge in [-0.3, -0.25) is 9.59 Å². The van der Waals surface area contributed by atoms with Crippen molar-refractivity contribution < 1.29 is 9.59 Å². The summed E-state index contributed by atoms with van der Waals surface area (Å²) in [4.78, 5) is 27.1. The summed E-state index contributed by atoms with van der Waals surface area (Å²) in [6.45, 7) is 9.88. The molecule has 3 aromatic carbocycles. The minimum atomic E-state index is -0.515. The third kappa shape index (κ3) is 4.70. The number of nitrogens with zero attached hydrogens (tertiary/aromatic N) is 2. The quantitative estimate of drug-likeness (QED) is 0.297. The number of benzene rings is 3. The van der Waals surface area contributed by atoms with Crippen LogP contribution in [0.3, 0.4) is 0 Å². The fourth-order valence-electron chi connectivity index (χ4n) is 4.88. The molecule has 7 nitrogen and oxygen atoms in total. The van der Waals surface area contributed by atoms with Gasteiger partial charge in [0.05, 0.1) is 11.8 Å². The van der Waals surface area contributed by atoms with E-state index in [-0.39, 0.29) is 11.8 Å². The summed E-state index contributed by atoms with van der Waals surface area (Å²) in [5.41, 5.74) is 8.26. The van der Waals surface area contributed by atoms with Crippen LogP contribution in [0.5, 0.6) is 0 Å². The maximum atomic E-state index is 13.8. The Morgan fingerprint density at radius 1 is 0.816 bits per heavy atom. The van der Waals surface area contributed by atoms with E-state index in [1.165, 1.54) is 0 Å². The topological polar surface area (TPSA) is 88.0 Å². The Hall–Kier alpha value is -4.65. The average Bonchev–Trinajstić information content (AvgIpc) is 3.30. The highest BCUT2D eigenvalue weighted by molar-refractivity contribution is 6.09. The standard InChI is InChI=1S/C31H31N5O2/c1-18-10-13-23(14-11-18)34-30(37)25-17-32-36-28(24-9-7-6-8-20(24)3)27(22(5)33-29(25)36)31(38)35-26-15-12-19(2)16-21(26)4/h6-17,28,33H,1-5H3,(H,34,37)(H,35,38)/t28-/m1/s1. The summed E-state index contributed by atoms with van der Waals surface area (Å²) in [6.07, 6.45) is 1.55. The first-order chi connectivity index (χ1) is 18.2. The van der Waals surface area contributed by atoms with Gasteiger partial charge in [-0.05, 0) is 69.5 Å². The van der Waals surface area contributed by atoms with Crippen LogP contribution in [0.4, 0.5) is 17.2 Å². The van der Waals surface area contributed by atoms with E-state index < -0.39 is 6.04 Å². The molecule has 38 heavy (non-hydrogen) atoms. The van der Waals surface area contributed by atoms with E-state index in [0.717, 1.165) is 33.5 Å². The van der Waals surface area contributed by atoms with E-state index in [2.05, 4.69) is 21.0 Å². The van der Waals surface area contributed by atoms with Crippen LogP contribution in [-0.2, 0) is 4.79 Å². The van der Waals surface area contributed by atoms with Crippen molar-refractivity contribution in [1.82, 2.24) is 9.78 Å². The Morgan fingerprint density at radius 2 is 1.53 bits per heavy atom. The molecular formula is C31H31N5O2. The maximum Gasteiger partial charge on any atom is 0.261 e. The van der Waals surface area contributed by atoms with Crippen molar-refractivity contribution in [3.8, 4) is 0 Å². The number of anilines is 3. The lowest BCUT2D eigenvalue weighted by atomic mass is 9.91. The number of amides is 2. The van der Waals surface area contributed by atoms with Gasteiger partial charge in [0.15, 0.2) is 0 Å². The number of fused-ring (bicyclic) bond motifs is 1. The van der Waals surface area contributed by atoms with Crippen molar-refractivity contribution in [2.45, 2.75) is 40.7 Å². The lowest BCUT2D eigenvalue weighted by Gasteiger charge is -2.31. The number of aryl methyl sites for hydroxylation is 4. The van der Waals surface area contributed by atoms with Crippen molar-refractivity contribution in [1.29, 1.82) is 0 Å². The first-order valence-corrected chi connectivity index (χ1v) is 12.6. The Kier molecular flexibility index (Phi) is 6.59. The van der Waals surface area contributed by atoms with Crippen LogP contribution in [0.1, 0.15) is 51.1 Å². The molecule has 2 heterocycles. The van der Waals surface area contributed by atoms with Gasteiger partial charge >= 0.3 is 0 Å². The molecule has 1 aromatic heterocycles. The van der Waals surface area contributed by atoms with Crippen molar-refractivity contribution in [3.05, 3.63) is 118 Å². The normalized spacial score (nSPS) is 14.5. The zero-order valence-corrected chi connectivity index (χ0v) is 22.2. The lowest BCUT2D eigenvalue weighted by molar-refractivity contribution is -0.113. The summed E-state index contributed by atoms with van der Waals surface area (Å²) in [5.74, 6) is 0.0487. The third-order valence-corrected chi connectivity index (χ3v) is 6.94. The predicted molar refractivity (Wildman–Crippen MR) is 152 cm³/mol. The van der Waals surface area contributed by atoms with Crippen LogP contribution in [0.15, 0.2) is 84.2 Å². The number of allylic oxidation sites excluding steroid dienone is 1. The van der Waals surface area contributed by atoms with Gasteiger partial charge in [-0.15, -0.1) is 0 Å². The summed E-state index contributed by atoms with van der Waals surface area (Å²) in [7, 11) is 0. The van der Waals surface area contributed by atoms with E-state index in [1.807, 2.05) is 101 Å². The second kappa shape index (κ2) is 10.0. The molecule has 0 spiro atoms. The molecule has 0 aliphatic carbocycles. The molecule has 0 unspecified atom stereocenters. The van der Waals surface area contributed by atoms with E-state index in [0.29, 0.717) is 28.3 Å². The fourth-order valence-corrected chi connectivity index (χ4v) is 4.88. The van der Waals surface area contributed by atoms with Crippen LogP contribution in [-0.4, -0.2) is 21.6 Å². The number of nitrogens with one attached hydrogen (secondary N) is 3. The van der Waals surface area contributed by atoms with Crippen LogP contribution in [0.25, 0.3) is 0 Å². The van der Waals surface area contributed by atoms with Crippen molar-refractivity contribution >= 4 is 29.0 Å². The highest BCUT2D eigenvalue weighted by Gasteiger charge is 2.36. The fraction of sp³-hybridized carbons (Fsp3) is 0.194. The molecule has 1 aliphatic heterocycles. The molecule has 1 atom stereocenters. The van der Waals surface area contributed by atoms with E-state index in [4.69, 9.17) is 0 Å². The summed E-state index contributed by atoms with van der Waals surface area (Å²) in [5, 5.41) is 14.0. The zero-order chi connectivity index (χ0) is 27.0. The second-order valence-electron chi connectivity index (χ2n) is 9.87. The monoisotopic (exact) mass is 505 g/mol. The van der Waals surface area contributed by atoms with Crippen LogP contribution in [0, 0.1) is 27.7 Å². The average molecular weight is 506 g/mol. The third-order valence-electron chi connectivity index (χ3n) is 6.94. The summed E-state index contributed by atoms with van der Waals surface area (Å²) >= 11 is 0. The highest BCUT2D eigenvalue weighted by Crippen LogP contribution is 2.39. The Balaban J connectivity index is 1.55. The molecule has 0 saturated carbocycles. The summed E-state index contributed by atoms with van der Waals surface area (Å²) < 4.78 is 1.73. The molecular weight excluding hydrogens is 474 g/mol. The SMILES string of the molecule is CC1=C(C(=O)Nc2ccc(C)cc2C)[C@@H](c2ccccc2C)n2ncc(C(=O)Nc3ccc(C)cc3)c2N1. The first-order valence-electron chi connectivity index (χ1n) is 12.6. The number of rotatable bonds is 5. The molecule has 5 rings (SSSR count). The van der Waals surface area contributed by atoms with Gasteiger partial charge in [-0.25, -0.2) is 4.68 Å². The van der Waals surface area contributed by atoms with Crippen LogP contribution >= 0.6 is 0 Å². The molecule has 1 aliphatic rings. The minimum Gasteiger partial charge on any atom is -0.343 e. The Morgan fingerprint density at radius 3 is 2.24 bits per heavy atom. The number of hydrogen-bond acceptors (Lipinski definition) is 4. The summed E-state index contributed by atoms with van der Waals surface area (Å²) in [6, 6.07) is 21.0. The molecule has 7 heteroatoms. The van der Waals surface area contributed by atoms with E-state index in [1.54, 1.807) is 10.9 Å². The highest BCUT2D eigenvalue weighted by atomic mass is 16.2. The van der Waals surface area contributed by atoms with Crippen molar-refractivity contribution in [2.75, 3.05) is 16.0 Å². The lowest BCUT2D eigenvalue weighted by Crippen LogP contribution is -2.32. The number of aromatic nitrogens is 2. The van der Waals surface area contributed by atoms with Gasteiger partial charge in [0.2, 0.25) is 0 Å². The maximum absolute atomic E-state index is 13.8. The van der Waals surface area contributed by atoms with Crippen molar-refractivity contribution in [3.63, 3.8) is 0 Å². The molecule has 192 valence electrons. The molecule has 0 bridgehead atoms. The van der Waals surface area contributed by atoms with Gasteiger partial charge in [-0.2, -0.15) is 5.10 Å². The Labute approximate surface area is 222 Å². The largest absolute Gasteiger partial charge is 0.343 e. The van der Waals surface area contributed by atoms with E-state index >= 15 is 0 Å². The van der Waals surface area contributed by atoms with Crippen molar-refractivity contribution in [2.24, 2.45) is 0 Å².